The normalized spacial score (nSPS) is 15.9. The molecule has 0 aromatic rings. The van der Waals surface area contributed by atoms with Crippen LogP contribution in [0.25, 0.3) is 0 Å². The number of hydrogen-bond acceptors (Lipinski definition) is 2. The largest absolute Gasteiger partial charge is 0.356 e. The number of rotatable bonds is 24. The molecule has 0 saturated carbocycles. The van der Waals surface area contributed by atoms with Crippen LogP contribution in [-0.2, 0) is 0 Å². The molecule has 0 fully saturated rings. The van der Waals surface area contributed by atoms with Crippen LogP contribution in [0.2, 0.25) is 0 Å². The van der Waals surface area contributed by atoms with Crippen molar-refractivity contribution in [1.29, 1.82) is 0 Å². The zero-order chi connectivity index (χ0) is 23.1. The Morgan fingerprint density at radius 1 is 0.406 bits per heavy atom. The van der Waals surface area contributed by atoms with Crippen molar-refractivity contribution in [1.82, 2.24) is 9.80 Å². The van der Waals surface area contributed by atoms with Gasteiger partial charge in [0, 0.05) is 25.5 Å². The molecule has 0 N–H and O–H groups in total. The summed E-state index contributed by atoms with van der Waals surface area (Å²) in [6.07, 6.45) is 36.5. The summed E-state index contributed by atoms with van der Waals surface area (Å²) in [6.45, 7) is 9.45. The molecule has 0 aliphatic carbocycles. The average Bonchev–Trinajstić information content (AvgIpc) is 3.18. The predicted molar refractivity (Wildman–Crippen MR) is 145 cm³/mol. The van der Waals surface area contributed by atoms with E-state index in [1.54, 1.807) is 0 Å². The quantitative estimate of drug-likeness (QED) is 0.135. The molecule has 1 aliphatic rings. The molecular formula is C30H60N2. The SMILES string of the molecule is CCCCCCCCCCCCN1C=CN(CCCCCCC)C1CCCCCCCC. The zero-order valence-electron chi connectivity index (χ0n) is 22.6. The van der Waals surface area contributed by atoms with Gasteiger partial charge >= 0.3 is 0 Å². The molecular weight excluding hydrogens is 388 g/mol. The molecule has 32 heavy (non-hydrogen) atoms. The third-order valence-corrected chi connectivity index (χ3v) is 7.32. The van der Waals surface area contributed by atoms with E-state index in [1.807, 2.05) is 0 Å². The van der Waals surface area contributed by atoms with Crippen LogP contribution < -0.4 is 0 Å². The Morgan fingerprint density at radius 2 is 0.719 bits per heavy atom. The minimum Gasteiger partial charge on any atom is -0.356 e. The summed E-state index contributed by atoms with van der Waals surface area (Å²) in [5, 5.41) is 0. The van der Waals surface area contributed by atoms with Gasteiger partial charge in [-0.3, -0.25) is 0 Å². The Bertz CT molecular complexity index is 406. The topological polar surface area (TPSA) is 6.48 Å². The maximum Gasteiger partial charge on any atom is 0.101 e. The lowest BCUT2D eigenvalue weighted by Crippen LogP contribution is -2.39. The monoisotopic (exact) mass is 448 g/mol. The van der Waals surface area contributed by atoms with Crippen molar-refractivity contribution in [3.8, 4) is 0 Å². The average molecular weight is 449 g/mol. The van der Waals surface area contributed by atoms with Gasteiger partial charge in [-0.2, -0.15) is 0 Å². The van der Waals surface area contributed by atoms with Crippen molar-refractivity contribution in [2.75, 3.05) is 13.1 Å². The second kappa shape index (κ2) is 22.1. The van der Waals surface area contributed by atoms with Crippen LogP contribution in [0.15, 0.2) is 12.4 Å². The minimum absolute atomic E-state index is 0.644. The van der Waals surface area contributed by atoms with Gasteiger partial charge in [-0.15, -0.1) is 0 Å². The maximum absolute atomic E-state index is 2.68. The van der Waals surface area contributed by atoms with Crippen LogP contribution in [0, 0.1) is 0 Å². The molecule has 0 spiro atoms. The molecule has 0 bridgehead atoms. The van der Waals surface area contributed by atoms with Crippen LogP contribution in [0.3, 0.4) is 0 Å². The van der Waals surface area contributed by atoms with E-state index in [2.05, 4.69) is 43.0 Å². The summed E-state index contributed by atoms with van der Waals surface area (Å²) < 4.78 is 0. The lowest BCUT2D eigenvalue weighted by atomic mass is 10.1. The molecule has 1 rings (SSSR count). The van der Waals surface area contributed by atoms with Gasteiger partial charge in [0.15, 0.2) is 0 Å². The lowest BCUT2D eigenvalue weighted by Gasteiger charge is -2.33. The van der Waals surface area contributed by atoms with Crippen molar-refractivity contribution in [2.24, 2.45) is 0 Å². The van der Waals surface area contributed by atoms with Gasteiger partial charge in [-0.1, -0.05) is 136 Å². The van der Waals surface area contributed by atoms with Gasteiger partial charge < -0.3 is 9.80 Å². The predicted octanol–water partition coefficient (Wildman–Crippen LogP) is 10.0. The van der Waals surface area contributed by atoms with Gasteiger partial charge in [0.05, 0.1) is 0 Å². The van der Waals surface area contributed by atoms with E-state index >= 15 is 0 Å². The van der Waals surface area contributed by atoms with Gasteiger partial charge in [0.1, 0.15) is 6.17 Å². The van der Waals surface area contributed by atoms with Crippen LogP contribution in [0.5, 0.6) is 0 Å². The molecule has 2 heteroatoms. The van der Waals surface area contributed by atoms with Crippen LogP contribution in [-0.4, -0.2) is 29.1 Å². The fourth-order valence-electron chi connectivity index (χ4n) is 5.13. The molecule has 0 aromatic heterocycles. The molecule has 190 valence electrons. The molecule has 2 nitrogen and oxygen atoms in total. The maximum atomic E-state index is 2.68. The van der Waals surface area contributed by atoms with E-state index in [9.17, 15) is 0 Å². The van der Waals surface area contributed by atoms with Gasteiger partial charge in [-0.05, 0) is 25.7 Å². The smallest absolute Gasteiger partial charge is 0.101 e. The second-order valence-corrected chi connectivity index (χ2v) is 10.4. The molecule has 1 unspecified atom stereocenters. The molecule has 0 saturated heterocycles. The highest BCUT2D eigenvalue weighted by Gasteiger charge is 2.24. The fourth-order valence-corrected chi connectivity index (χ4v) is 5.13. The number of hydrogen-bond donors (Lipinski definition) is 0. The Balaban J connectivity index is 2.23. The highest BCUT2D eigenvalue weighted by Crippen LogP contribution is 2.23. The Kier molecular flexibility index (Phi) is 20.3. The molecule has 1 atom stereocenters. The third kappa shape index (κ3) is 15.2. The molecule has 0 amide bonds. The van der Waals surface area contributed by atoms with E-state index < -0.39 is 0 Å². The van der Waals surface area contributed by atoms with Crippen LogP contribution in [0.4, 0.5) is 0 Å². The summed E-state index contributed by atoms with van der Waals surface area (Å²) in [4.78, 5) is 5.36. The number of unbranched alkanes of at least 4 members (excludes halogenated alkanes) is 18. The Morgan fingerprint density at radius 3 is 1.09 bits per heavy atom. The van der Waals surface area contributed by atoms with E-state index in [4.69, 9.17) is 0 Å². The Labute approximate surface area is 203 Å². The standard InChI is InChI=1S/C30H60N2/c1-4-7-10-13-15-16-17-18-21-24-27-32-29-28-31(26-23-20-12-9-6-3)30(32)25-22-19-14-11-8-5-2/h28-30H,4-27H2,1-3H3. The van der Waals surface area contributed by atoms with E-state index in [0.717, 1.165) is 0 Å². The van der Waals surface area contributed by atoms with Crippen molar-refractivity contribution < 1.29 is 0 Å². The molecule has 0 aromatic carbocycles. The zero-order valence-corrected chi connectivity index (χ0v) is 22.6. The van der Waals surface area contributed by atoms with Crippen molar-refractivity contribution in [3.63, 3.8) is 0 Å². The van der Waals surface area contributed by atoms with E-state index in [0.29, 0.717) is 6.17 Å². The second-order valence-electron chi connectivity index (χ2n) is 10.4. The molecule has 0 radical (unpaired) electrons. The lowest BCUT2D eigenvalue weighted by molar-refractivity contribution is 0.135. The summed E-state index contributed by atoms with van der Waals surface area (Å²) in [5.74, 6) is 0. The minimum atomic E-state index is 0.644. The van der Waals surface area contributed by atoms with Crippen molar-refractivity contribution in [2.45, 2.75) is 168 Å². The van der Waals surface area contributed by atoms with E-state index in [-0.39, 0.29) is 0 Å². The Hall–Kier alpha value is -0.660. The summed E-state index contributed by atoms with van der Waals surface area (Å²) in [7, 11) is 0. The first-order chi connectivity index (χ1) is 15.8. The summed E-state index contributed by atoms with van der Waals surface area (Å²) >= 11 is 0. The first-order valence-electron chi connectivity index (χ1n) is 15.0. The van der Waals surface area contributed by atoms with Crippen LogP contribution >= 0.6 is 0 Å². The van der Waals surface area contributed by atoms with Crippen molar-refractivity contribution in [3.05, 3.63) is 12.4 Å². The van der Waals surface area contributed by atoms with Gasteiger partial charge in [0.25, 0.3) is 0 Å². The highest BCUT2D eigenvalue weighted by atomic mass is 15.4. The summed E-state index contributed by atoms with van der Waals surface area (Å²) in [6, 6.07) is 0. The van der Waals surface area contributed by atoms with Crippen molar-refractivity contribution >= 4 is 0 Å². The fraction of sp³-hybridized carbons (Fsp3) is 0.933. The first kappa shape index (κ1) is 29.4. The van der Waals surface area contributed by atoms with Gasteiger partial charge in [-0.25, -0.2) is 0 Å². The van der Waals surface area contributed by atoms with E-state index in [1.165, 1.54) is 154 Å². The molecule has 1 heterocycles. The van der Waals surface area contributed by atoms with Gasteiger partial charge in [0.2, 0.25) is 0 Å². The molecule has 1 aliphatic heterocycles. The third-order valence-electron chi connectivity index (χ3n) is 7.32. The highest BCUT2D eigenvalue weighted by molar-refractivity contribution is 4.97. The number of nitrogens with zero attached hydrogens (tertiary/aromatic N) is 2. The first-order valence-corrected chi connectivity index (χ1v) is 15.0. The summed E-state index contributed by atoms with van der Waals surface area (Å²) in [5.41, 5.74) is 0. The van der Waals surface area contributed by atoms with Crippen LogP contribution in [0.1, 0.15) is 162 Å².